The van der Waals surface area contributed by atoms with Crippen molar-refractivity contribution < 1.29 is 9.90 Å². The van der Waals surface area contributed by atoms with Crippen molar-refractivity contribution in [3.63, 3.8) is 0 Å². The van der Waals surface area contributed by atoms with Gasteiger partial charge in [-0.25, -0.2) is 0 Å². The lowest BCUT2D eigenvalue weighted by Crippen LogP contribution is -2.10. The van der Waals surface area contributed by atoms with Gasteiger partial charge < -0.3 is 10.1 Å². The second-order valence-electron chi connectivity index (χ2n) is 4.25. The van der Waals surface area contributed by atoms with E-state index in [1.54, 1.807) is 0 Å². The Hall–Kier alpha value is -0.910. The molecule has 0 spiro atoms. The SMILES string of the molecule is O=C(O)Cc1cc(=O)[nH]cc1-c1c(Cl)c(Cl)c(Cl)c(Cl)c1Cl. The first-order valence-corrected chi connectivity index (χ1v) is 7.58. The number of hydrogen-bond acceptors (Lipinski definition) is 2. The van der Waals surface area contributed by atoms with Crippen LogP contribution in [0.3, 0.4) is 0 Å². The van der Waals surface area contributed by atoms with Crippen LogP contribution in [0, 0.1) is 0 Å². The number of aliphatic carboxylic acids is 1. The van der Waals surface area contributed by atoms with Crippen LogP contribution < -0.4 is 5.56 Å². The smallest absolute Gasteiger partial charge is 0.307 e. The molecule has 0 aliphatic heterocycles. The van der Waals surface area contributed by atoms with Gasteiger partial charge in [-0.1, -0.05) is 58.0 Å². The number of halogens is 5. The number of H-pyrrole nitrogens is 1. The molecule has 9 heteroatoms. The van der Waals surface area contributed by atoms with Crippen LogP contribution in [-0.2, 0) is 11.2 Å². The Labute approximate surface area is 149 Å². The van der Waals surface area contributed by atoms with Crippen LogP contribution in [0.15, 0.2) is 17.1 Å². The topological polar surface area (TPSA) is 70.2 Å². The van der Waals surface area contributed by atoms with Gasteiger partial charge in [-0.15, -0.1) is 0 Å². The zero-order valence-corrected chi connectivity index (χ0v) is 14.3. The average Bonchev–Trinajstić information content (AvgIpc) is 2.45. The van der Waals surface area contributed by atoms with Crippen molar-refractivity contribution in [2.45, 2.75) is 6.42 Å². The van der Waals surface area contributed by atoms with Gasteiger partial charge in [0, 0.05) is 23.4 Å². The number of nitrogens with one attached hydrogen (secondary N) is 1. The van der Waals surface area contributed by atoms with Gasteiger partial charge in [-0.3, -0.25) is 9.59 Å². The van der Waals surface area contributed by atoms with Crippen LogP contribution in [-0.4, -0.2) is 16.1 Å². The molecule has 0 radical (unpaired) electrons. The highest BCUT2D eigenvalue weighted by Crippen LogP contribution is 2.48. The van der Waals surface area contributed by atoms with E-state index in [0.717, 1.165) is 6.07 Å². The Morgan fingerprint density at radius 1 is 1.00 bits per heavy atom. The fraction of sp³-hybridized carbons (Fsp3) is 0.0769. The number of carboxylic acids is 1. The molecule has 0 saturated carbocycles. The standard InChI is InChI=1S/C13H6Cl5NO3/c14-9-8(10(15)12(17)13(18)11(9)16)5-3-19-6(20)1-4(5)2-7(21)22/h1,3H,2H2,(H,19,20)(H,21,22). The van der Waals surface area contributed by atoms with Crippen molar-refractivity contribution in [2.75, 3.05) is 0 Å². The molecule has 4 nitrogen and oxygen atoms in total. The minimum absolute atomic E-state index is 0.00806. The minimum atomic E-state index is -1.12. The lowest BCUT2D eigenvalue weighted by molar-refractivity contribution is -0.136. The molecule has 116 valence electrons. The molecule has 0 saturated heterocycles. The summed E-state index contributed by atoms with van der Waals surface area (Å²) in [5, 5.41) is 8.96. The van der Waals surface area contributed by atoms with Crippen molar-refractivity contribution in [1.82, 2.24) is 4.98 Å². The monoisotopic (exact) mass is 399 g/mol. The summed E-state index contributed by atoms with van der Waals surface area (Å²) < 4.78 is 0. The summed E-state index contributed by atoms with van der Waals surface area (Å²) in [5.74, 6) is -1.12. The van der Waals surface area contributed by atoms with E-state index in [-0.39, 0.29) is 36.2 Å². The van der Waals surface area contributed by atoms with Gasteiger partial charge >= 0.3 is 5.97 Å². The molecule has 0 bridgehead atoms. The van der Waals surface area contributed by atoms with E-state index in [0.29, 0.717) is 5.56 Å². The van der Waals surface area contributed by atoms with Crippen LogP contribution in [0.4, 0.5) is 0 Å². The molecule has 0 fully saturated rings. The number of pyridine rings is 1. The third kappa shape index (κ3) is 3.21. The Bertz CT molecular complexity index is 802. The number of hydrogen-bond donors (Lipinski definition) is 2. The second-order valence-corrected chi connectivity index (χ2v) is 6.14. The normalized spacial score (nSPS) is 10.8. The van der Waals surface area contributed by atoms with E-state index >= 15 is 0 Å². The first-order valence-electron chi connectivity index (χ1n) is 5.69. The number of carboxylic acid groups (broad SMARTS) is 1. The highest BCUT2D eigenvalue weighted by atomic mass is 35.5. The van der Waals surface area contributed by atoms with Gasteiger partial charge in [-0.2, -0.15) is 0 Å². The summed E-state index contributed by atoms with van der Waals surface area (Å²) >= 11 is 30.2. The largest absolute Gasteiger partial charge is 0.481 e. The Kier molecular flexibility index (Phi) is 5.30. The molecule has 2 rings (SSSR count). The van der Waals surface area contributed by atoms with E-state index in [2.05, 4.69) is 4.98 Å². The van der Waals surface area contributed by atoms with Gasteiger partial charge in [0.15, 0.2) is 0 Å². The lowest BCUT2D eigenvalue weighted by Gasteiger charge is -2.15. The van der Waals surface area contributed by atoms with Crippen molar-refractivity contribution in [3.8, 4) is 11.1 Å². The molecule has 0 aliphatic carbocycles. The van der Waals surface area contributed by atoms with Crippen LogP contribution in [0.5, 0.6) is 0 Å². The molecule has 1 heterocycles. The van der Waals surface area contributed by atoms with Gasteiger partial charge in [0.25, 0.3) is 0 Å². The molecule has 1 aromatic carbocycles. The second kappa shape index (κ2) is 6.69. The third-order valence-corrected chi connectivity index (χ3v) is 5.11. The van der Waals surface area contributed by atoms with Crippen molar-refractivity contribution in [1.29, 1.82) is 0 Å². The van der Waals surface area contributed by atoms with E-state index in [1.165, 1.54) is 6.20 Å². The molecular weight excluding hydrogens is 395 g/mol. The third-order valence-electron chi connectivity index (χ3n) is 2.83. The molecule has 1 aromatic heterocycles. The number of aromatic nitrogens is 1. The van der Waals surface area contributed by atoms with Crippen LogP contribution in [0.25, 0.3) is 11.1 Å². The number of benzene rings is 1. The van der Waals surface area contributed by atoms with Gasteiger partial charge in [0.1, 0.15) is 0 Å². The minimum Gasteiger partial charge on any atom is -0.481 e. The van der Waals surface area contributed by atoms with Crippen LogP contribution in [0.1, 0.15) is 5.56 Å². The highest BCUT2D eigenvalue weighted by molar-refractivity contribution is 6.56. The number of rotatable bonds is 3. The maximum atomic E-state index is 11.4. The summed E-state index contributed by atoms with van der Waals surface area (Å²) in [6.07, 6.45) is 0.901. The average molecular weight is 401 g/mol. The molecule has 0 unspecified atom stereocenters. The Morgan fingerprint density at radius 2 is 1.50 bits per heavy atom. The zero-order valence-electron chi connectivity index (χ0n) is 10.5. The summed E-state index contributed by atoms with van der Waals surface area (Å²) in [5.41, 5.74) is 0.264. The molecule has 0 atom stereocenters. The fourth-order valence-corrected chi connectivity index (χ4v) is 3.24. The molecular formula is C13H6Cl5NO3. The van der Waals surface area contributed by atoms with Gasteiger partial charge in [0.2, 0.25) is 5.56 Å². The lowest BCUT2D eigenvalue weighted by atomic mass is 9.99. The van der Waals surface area contributed by atoms with E-state index in [1.807, 2.05) is 0 Å². The first-order chi connectivity index (χ1) is 10.2. The number of carbonyl (C=O) groups is 1. The molecule has 2 aromatic rings. The van der Waals surface area contributed by atoms with Crippen LogP contribution in [0.2, 0.25) is 25.1 Å². The van der Waals surface area contributed by atoms with E-state index in [4.69, 9.17) is 63.1 Å². The molecule has 0 amide bonds. The quantitative estimate of drug-likeness (QED) is 0.566. The predicted molar refractivity (Wildman–Crippen MR) is 88.9 cm³/mol. The molecule has 22 heavy (non-hydrogen) atoms. The van der Waals surface area contributed by atoms with Crippen molar-refractivity contribution >= 4 is 64.0 Å². The van der Waals surface area contributed by atoms with Crippen LogP contribution >= 0.6 is 58.0 Å². The number of aromatic amines is 1. The maximum Gasteiger partial charge on any atom is 0.307 e. The molecule has 0 aliphatic rings. The highest BCUT2D eigenvalue weighted by Gasteiger charge is 2.23. The summed E-state index contributed by atoms with van der Waals surface area (Å²) in [6, 6.07) is 1.15. The van der Waals surface area contributed by atoms with Crippen molar-refractivity contribution in [2.24, 2.45) is 0 Å². The summed E-state index contributed by atoms with van der Waals surface area (Å²) in [6.45, 7) is 0. The van der Waals surface area contributed by atoms with Crippen molar-refractivity contribution in [3.05, 3.63) is 53.3 Å². The van der Waals surface area contributed by atoms with E-state index < -0.39 is 17.9 Å². The maximum absolute atomic E-state index is 11.4. The fourth-order valence-electron chi connectivity index (χ4n) is 1.90. The predicted octanol–water partition coefficient (Wildman–Crippen LogP) is 4.94. The Morgan fingerprint density at radius 3 is 2.00 bits per heavy atom. The van der Waals surface area contributed by atoms with E-state index in [9.17, 15) is 9.59 Å². The molecule has 2 N–H and O–H groups in total. The summed E-state index contributed by atoms with van der Waals surface area (Å²) in [4.78, 5) is 24.8. The zero-order chi connectivity index (χ0) is 16.6. The van der Waals surface area contributed by atoms with Gasteiger partial charge in [-0.05, 0) is 5.56 Å². The first kappa shape index (κ1) is 17.4. The Balaban J connectivity index is 2.83. The summed E-state index contributed by atoms with van der Waals surface area (Å²) in [7, 11) is 0. The van der Waals surface area contributed by atoms with Gasteiger partial charge in [0.05, 0.1) is 31.5 Å².